The third kappa shape index (κ3) is 4.16. The van der Waals surface area contributed by atoms with Crippen LogP contribution >= 0.6 is 12.4 Å². The number of rotatable bonds is 3. The van der Waals surface area contributed by atoms with Gasteiger partial charge in [0.25, 0.3) is 0 Å². The zero-order valence-corrected chi connectivity index (χ0v) is 17.2. The van der Waals surface area contributed by atoms with Crippen molar-refractivity contribution in [3.8, 4) is 0 Å². The third-order valence-electron chi connectivity index (χ3n) is 5.83. The van der Waals surface area contributed by atoms with E-state index in [0.717, 1.165) is 31.6 Å². The Hall–Kier alpha value is -0.745. The van der Waals surface area contributed by atoms with E-state index in [9.17, 15) is 0 Å². The van der Waals surface area contributed by atoms with Crippen LogP contribution in [0.5, 0.6) is 0 Å². The number of nitrogens with zero attached hydrogens (tertiary/aromatic N) is 2. The topological polar surface area (TPSA) is 24.9 Å². The first kappa shape index (κ1) is 20.6. The summed E-state index contributed by atoms with van der Waals surface area (Å²) in [6.07, 6.45) is 0. The molecule has 6 heteroatoms. The maximum absolute atomic E-state index is 6.13. The van der Waals surface area contributed by atoms with Crippen molar-refractivity contribution in [3.63, 3.8) is 0 Å². The van der Waals surface area contributed by atoms with Crippen LogP contribution in [0, 0.1) is 0 Å². The number of piperazine rings is 1. The van der Waals surface area contributed by atoms with E-state index in [1.807, 2.05) is 0 Å². The maximum atomic E-state index is 6.13. The second-order valence-corrected chi connectivity index (χ2v) is 8.30. The number of halogens is 1. The smallest absolute Gasteiger partial charge is 0.399 e. The molecule has 0 aliphatic carbocycles. The van der Waals surface area contributed by atoms with Gasteiger partial charge in [-0.05, 0) is 59.1 Å². The summed E-state index contributed by atoms with van der Waals surface area (Å²) in [5, 5.41) is 0. The van der Waals surface area contributed by atoms with Gasteiger partial charge in [-0.3, -0.25) is 4.90 Å². The van der Waals surface area contributed by atoms with E-state index in [-0.39, 0.29) is 30.7 Å². The Labute approximate surface area is 159 Å². The first-order valence-electron chi connectivity index (χ1n) is 9.14. The molecule has 3 rings (SSSR count). The molecule has 25 heavy (non-hydrogen) atoms. The predicted molar refractivity (Wildman–Crippen MR) is 108 cm³/mol. The van der Waals surface area contributed by atoms with Crippen molar-refractivity contribution in [1.29, 1.82) is 0 Å². The van der Waals surface area contributed by atoms with Crippen LogP contribution in [0.15, 0.2) is 24.3 Å². The Bertz CT molecular complexity index is 553. The molecule has 0 saturated carbocycles. The summed E-state index contributed by atoms with van der Waals surface area (Å²) in [7, 11) is -0.276. The molecule has 4 nitrogen and oxygen atoms in total. The Morgan fingerprint density at radius 3 is 1.80 bits per heavy atom. The fourth-order valence-electron chi connectivity index (χ4n) is 3.32. The maximum Gasteiger partial charge on any atom is 0.494 e. The number of anilines is 1. The lowest BCUT2D eigenvalue weighted by Crippen LogP contribution is -2.49. The van der Waals surface area contributed by atoms with Gasteiger partial charge < -0.3 is 14.2 Å². The van der Waals surface area contributed by atoms with Gasteiger partial charge >= 0.3 is 7.12 Å². The van der Waals surface area contributed by atoms with E-state index in [2.05, 4.69) is 75.6 Å². The molecular weight excluding hydrogens is 334 g/mol. The molecule has 2 saturated heterocycles. The standard InChI is InChI=1S/C19H31BN2O2.ClH/c1-15(2)21-11-13-22(14-12-21)17-9-7-16(8-10-17)20-23-18(3,4)19(5,6)24-20;/h7-10,15H,11-14H2,1-6H3;1H. The van der Waals surface area contributed by atoms with Gasteiger partial charge in [-0.2, -0.15) is 0 Å². The fraction of sp³-hybridized carbons (Fsp3) is 0.684. The molecule has 2 aliphatic heterocycles. The van der Waals surface area contributed by atoms with Crippen LogP contribution in [0.4, 0.5) is 5.69 Å². The quantitative estimate of drug-likeness (QED) is 0.768. The Kier molecular flexibility index (Phi) is 6.15. The molecule has 0 bridgehead atoms. The van der Waals surface area contributed by atoms with E-state index >= 15 is 0 Å². The molecule has 1 aromatic carbocycles. The average molecular weight is 367 g/mol. The summed E-state index contributed by atoms with van der Waals surface area (Å²) in [4.78, 5) is 5.00. The monoisotopic (exact) mass is 366 g/mol. The lowest BCUT2D eigenvalue weighted by molar-refractivity contribution is 0.00578. The summed E-state index contributed by atoms with van der Waals surface area (Å²) in [5.41, 5.74) is 1.81. The van der Waals surface area contributed by atoms with Crippen LogP contribution in [0.3, 0.4) is 0 Å². The first-order chi connectivity index (χ1) is 11.2. The number of hydrogen-bond acceptors (Lipinski definition) is 4. The molecule has 2 aliphatic rings. The highest BCUT2D eigenvalue weighted by molar-refractivity contribution is 6.62. The molecule has 0 spiro atoms. The minimum absolute atomic E-state index is 0. The van der Waals surface area contributed by atoms with Gasteiger partial charge in [0.05, 0.1) is 11.2 Å². The van der Waals surface area contributed by atoms with Crippen molar-refractivity contribution in [1.82, 2.24) is 4.90 Å². The van der Waals surface area contributed by atoms with Crippen molar-refractivity contribution in [2.45, 2.75) is 58.8 Å². The Morgan fingerprint density at radius 2 is 1.36 bits per heavy atom. The van der Waals surface area contributed by atoms with Crippen LogP contribution in [0.2, 0.25) is 0 Å². The van der Waals surface area contributed by atoms with Crippen LogP contribution < -0.4 is 10.4 Å². The summed E-state index contributed by atoms with van der Waals surface area (Å²) >= 11 is 0. The zero-order chi connectivity index (χ0) is 17.5. The molecule has 2 heterocycles. The van der Waals surface area contributed by atoms with E-state index in [1.54, 1.807) is 0 Å². The molecular formula is C19H32BClN2O2. The summed E-state index contributed by atoms with van der Waals surface area (Å²) in [6, 6.07) is 9.33. The van der Waals surface area contributed by atoms with Crippen LogP contribution in [0.1, 0.15) is 41.5 Å². The van der Waals surface area contributed by atoms with Crippen LogP contribution in [0.25, 0.3) is 0 Å². The molecule has 0 radical (unpaired) electrons. The van der Waals surface area contributed by atoms with Gasteiger partial charge in [-0.25, -0.2) is 0 Å². The number of hydrogen-bond donors (Lipinski definition) is 0. The molecule has 140 valence electrons. The van der Waals surface area contributed by atoms with Crippen molar-refractivity contribution in [3.05, 3.63) is 24.3 Å². The Morgan fingerprint density at radius 1 is 0.880 bits per heavy atom. The minimum Gasteiger partial charge on any atom is -0.399 e. The van der Waals surface area contributed by atoms with Gasteiger partial charge in [0, 0.05) is 37.9 Å². The van der Waals surface area contributed by atoms with E-state index in [4.69, 9.17) is 9.31 Å². The van der Waals surface area contributed by atoms with Gasteiger partial charge in [-0.1, -0.05) is 12.1 Å². The van der Waals surface area contributed by atoms with Gasteiger partial charge in [-0.15, -0.1) is 12.4 Å². The third-order valence-corrected chi connectivity index (χ3v) is 5.83. The molecule has 0 N–H and O–H groups in total. The lowest BCUT2D eigenvalue weighted by Gasteiger charge is -2.38. The summed E-state index contributed by atoms with van der Waals surface area (Å²) in [6.45, 7) is 17.4. The average Bonchev–Trinajstić information content (AvgIpc) is 2.76. The van der Waals surface area contributed by atoms with Crippen LogP contribution in [-0.2, 0) is 9.31 Å². The van der Waals surface area contributed by atoms with Crippen LogP contribution in [-0.4, -0.2) is 55.4 Å². The first-order valence-corrected chi connectivity index (χ1v) is 9.14. The van der Waals surface area contributed by atoms with Crippen molar-refractivity contribution < 1.29 is 9.31 Å². The molecule has 2 fully saturated rings. The van der Waals surface area contributed by atoms with Crippen molar-refractivity contribution in [2.75, 3.05) is 31.1 Å². The highest BCUT2D eigenvalue weighted by Crippen LogP contribution is 2.36. The predicted octanol–water partition coefficient (Wildman–Crippen LogP) is 2.94. The highest BCUT2D eigenvalue weighted by atomic mass is 35.5. The second kappa shape index (κ2) is 7.47. The van der Waals surface area contributed by atoms with Gasteiger partial charge in [0.2, 0.25) is 0 Å². The highest BCUT2D eigenvalue weighted by Gasteiger charge is 2.51. The molecule has 0 atom stereocenters. The number of benzene rings is 1. The molecule has 0 amide bonds. The van der Waals surface area contributed by atoms with Crippen molar-refractivity contribution >= 4 is 30.7 Å². The summed E-state index contributed by atoms with van der Waals surface area (Å²) < 4.78 is 12.3. The van der Waals surface area contributed by atoms with Gasteiger partial charge in [0.15, 0.2) is 0 Å². The van der Waals surface area contributed by atoms with Crippen molar-refractivity contribution in [2.24, 2.45) is 0 Å². The lowest BCUT2D eigenvalue weighted by atomic mass is 9.79. The summed E-state index contributed by atoms with van der Waals surface area (Å²) in [5.74, 6) is 0. The fourth-order valence-corrected chi connectivity index (χ4v) is 3.32. The SMILES string of the molecule is CC(C)N1CCN(c2ccc(B3OC(C)(C)C(C)(C)O3)cc2)CC1.Cl. The second-order valence-electron chi connectivity index (χ2n) is 8.30. The molecule has 0 unspecified atom stereocenters. The van der Waals surface area contributed by atoms with E-state index in [0.29, 0.717) is 6.04 Å². The zero-order valence-electron chi connectivity index (χ0n) is 16.4. The van der Waals surface area contributed by atoms with E-state index in [1.165, 1.54) is 5.69 Å². The normalized spacial score (nSPS) is 23.0. The minimum atomic E-state index is -0.288. The molecule has 0 aromatic heterocycles. The molecule has 1 aromatic rings. The Balaban J connectivity index is 0.00000225. The van der Waals surface area contributed by atoms with Gasteiger partial charge in [0.1, 0.15) is 0 Å². The largest absolute Gasteiger partial charge is 0.494 e. The van der Waals surface area contributed by atoms with E-state index < -0.39 is 0 Å².